The van der Waals surface area contributed by atoms with Gasteiger partial charge in [0.25, 0.3) is 0 Å². The Morgan fingerprint density at radius 2 is 1.67 bits per heavy atom. The van der Waals surface area contributed by atoms with Crippen LogP contribution in [0.4, 0.5) is 5.82 Å². The highest BCUT2D eigenvalue weighted by Crippen LogP contribution is 2.36. The lowest BCUT2D eigenvalue weighted by Crippen LogP contribution is -2.36. The molecule has 39 heavy (non-hydrogen) atoms. The van der Waals surface area contributed by atoms with Gasteiger partial charge < -0.3 is 9.50 Å². The Hall–Kier alpha value is -3.91. The summed E-state index contributed by atoms with van der Waals surface area (Å²) in [6, 6.07) is 19.7. The number of hydrogen-bond donors (Lipinski definition) is 1. The van der Waals surface area contributed by atoms with Crippen LogP contribution in [0, 0.1) is 12.3 Å². The summed E-state index contributed by atoms with van der Waals surface area (Å²) >= 11 is 0. The average Bonchev–Trinajstić information content (AvgIpc) is 3.18. The normalized spacial score (nSPS) is 12.7. The van der Waals surface area contributed by atoms with Crippen molar-refractivity contribution in [2.45, 2.75) is 58.4 Å². The van der Waals surface area contributed by atoms with Crippen molar-refractivity contribution in [3.8, 4) is 17.0 Å². The molecule has 0 unspecified atom stereocenters. The number of anilines is 1. The van der Waals surface area contributed by atoms with Crippen LogP contribution in [-0.4, -0.2) is 28.3 Å². The number of para-hydroxylation sites is 1. The smallest absolute Gasteiger partial charge is 0.341 e. The van der Waals surface area contributed by atoms with Crippen molar-refractivity contribution in [1.82, 2.24) is 14.4 Å². The Bertz CT molecular complexity index is 1760. The summed E-state index contributed by atoms with van der Waals surface area (Å²) in [7, 11) is -4.09. The zero-order valence-electron chi connectivity index (χ0n) is 23.2. The number of nitrogens with zero attached hydrogens (tertiary/aromatic N) is 3. The lowest BCUT2D eigenvalue weighted by molar-refractivity contribution is 0.302. The highest BCUT2D eigenvalue weighted by molar-refractivity contribution is 7.87. The number of fused-ring (bicyclic) bond motifs is 2. The maximum Gasteiger partial charge on any atom is 0.341 e. The fourth-order valence-electron chi connectivity index (χ4n) is 5.28. The molecule has 202 valence electrons. The third-order valence-corrected chi connectivity index (χ3v) is 7.69. The number of aromatic nitrogens is 3. The third kappa shape index (κ3) is 5.76. The molecule has 3 heterocycles. The minimum atomic E-state index is -4.09. The molecule has 0 bridgehead atoms. The molecule has 0 aliphatic heterocycles. The van der Waals surface area contributed by atoms with Crippen molar-refractivity contribution in [3.05, 3.63) is 84.7 Å². The van der Waals surface area contributed by atoms with E-state index in [-0.39, 0.29) is 21.6 Å². The number of imidazole rings is 1. The van der Waals surface area contributed by atoms with Gasteiger partial charge in [0.05, 0.1) is 5.52 Å². The van der Waals surface area contributed by atoms with Gasteiger partial charge in [-0.1, -0.05) is 39.0 Å². The molecule has 7 nitrogen and oxygen atoms in total. The van der Waals surface area contributed by atoms with E-state index in [1.165, 1.54) is 6.07 Å². The van der Waals surface area contributed by atoms with Gasteiger partial charge in [-0.25, -0.2) is 4.98 Å². The summed E-state index contributed by atoms with van der Waals surface area (Å²) in [5.41, 5.74) is 3.92. The summed E-state index contributed by atoms with van der Waals surface area (Å²) in [6.07, 6.45) is 4.55. The summed E-state index contributed by atoms with van der Waals surface area (Å²) in [4.78, 5) is 9.23. The SMILES string of the molecule is Cc1ccn2c(NC(C)(C)CC(C)(C)C)c(-c3ccc(OS(=O)(=O)c4cccc5cccnc45)cc3)nc2c1. The molecule has 8 heteroatoms. The fraction of sp³-hybridized carbons (Fsp3) is 0.290. The molecule has 0 saturated heterocycles. The van der Waals surface area contributed by atoms with E-state index in [2.05, 4.69) is 55.4 Å². The van der Waals surface area contributed by atoms with Crippen LogP contribution < -0.4 is 9.50 Å². The molecular weight excluding hydrogens is 508 g/mol. The second-order valence-corrected chi connectivity index (χ2v) is 13.4. The molecule has 2 aromatic carbocycles. The molecular formula is C31H34N4O3S. The molecule has 5 aromatic rings. The first kappa shape index (κ1) is 26.7. The van der Waals surface area contributed by atoms with E-state index in [1.54, 1.807) is 30.5 Å². The molecule has 3 aromatic heterocycles. The van der Waals surface area contributed by atoms with Crippen molar-refractivity contribution in [3.63, 3.8) is 0 Å². The Morgan fingerprint density at radius 1 is 0.949 bits per heavy atom. The van der Waals surface area contributed by atoms with E-state index in [9.17, 15) is 8.42 Å². The Morgan fingerprint density at radius 3 is 2.38 bits per heavy atom. The maximum absolute atomic E-state index is 13.2. The van der Waals surface area contributed by atoms with Gasteiger partial charge in [-0.05, 0) is 86.7 Å². The second kappa shape index (κ2) is 9.68. The Kier molecular flexibility index (Phi) is 6.63. The zero-order chi connectivity index (χ0) is 28.0. The molecule has 0 aliphatic carbocycles. The van der Waals surface area contributed by atoms with Crippen molar-refractivity contribution < 1.29 is 12.6 Å². The van der Waals surface area contributed by atoms with Gasteiger partial charge in [0, 0.05) is 28.9 Å². The van der Waals surface area contributed by atoms with Crippen LogP contribution in [0.25, 0.3) is 27.8 Å². The molecule has 5 rings (SSSR count). The number of nitrogens with one attached hydrogen (secondary N) is 1. The summed E-state index contributed by atoms with van der Waals surface area (Å²) < 4.78 is 33.9. The van der Waals surface area contributed by atoms with E-state index in [1.807, 2.05) is 43.5 Å². The number of aryl methyl sites for hydroxylation is 1. The van der Waals surface area contributed by atoms with Crippen LogP contribution >= 0.6 is 0 Å². The first-order chi connectivity index (χ1) is 18.3. The number of pyridine rings is 2. The zero-order valence-corrected chi connectivity index (χ0v) is 24.0. The van der Waals surface area contributed by atoms with Crippen LogP contribution in [-0.2, 0) is 10.1 Å². The quantitative estimate of drug-likeness (QED) is 0.218. The highest BCUT2D eigenvalue weighted by atomic mass is 32.2. The van der Waals surface area contributed by atoms with Crippen LogP contribution in [0.15, 0.2) is 84.0 Å². The predicted molar refractivity (Wildman–Crippen MR) is 157 cm³/mol. The standard InChI is InChI=1S/C31H34N4O3S/c1-21-16-18-35-26(19-21)33-28(29(35)34-31(5,6)20-30(2,3)4)23-12-14-24(15-13-23)38-39(36,37)25-11-7-9-22-10-8-17-32-27(22)25/h7-19,34H,20H2,1-6H3. The van der Waals surface area contributed by atoms with Crippen LogP contribution in [0.1, 0.15) is 46.6 Å². The molecule has 0 amide bonds. The van der Waals surface area contributed by atoms with Gasteiger partial charge in [-0.3, -0.25) is 9.38 Å². The third-order valence-electron chi connectivity index (χ3n) is 6.41. The van der Waals surface area contributed by atoms with E-state index in [0.717, 1.165) is 40.1 Å². The summed E-state index contributed by atoms with van der Waals surface area (Å²) in [5.74, 6) is 1.11. The Labute approximate surface area is 230 Å². The average molecular weight is 543 g/mol. The van der Waals surface area contributed by atoms with Crippen LogP contribution in [0.3, 0.4) is 0 Å². The minimum Gasteiger partial charge on any atom is -0.379 e. The fourth-order valence-corrected chi connectivity index (χ4v) is 6.38. The highest BCUT2D eigenvalue weighted by Gasteiger charge is 2.28. The van der Waals surface area contributed by atoms with Gasteiger partial charge in [0.1, 0.15) is 27.8 Å². The first-order valence-electron chi connectivity index (χ1n) is 13.0. The molecule has 0 aliphatic rings. The van der Waals surface area contributed by atoms with Gasteiger partial charge in [-0.2, -0.15) is 8.42 Å². The van der Waals surface area contributed by atoms with Crippen molar-refractivity contribution >= 4 is 32.5 Å². The van der Waals surface area contributed by atoms with E-state index in [0.29, 0.717) is 5.52 Å². The van der Waals surface area contributed by atoms with Crippen molar-refractivity contribution in [1.29, 1.82) is 0 Å². The minimum absolute atomic E-state index is 0.0352. The lowest BCUT2D eigenvalue weighted by Gasteiger charge is -2.34. The molecule has 0 saturated carbocycles. The van der Waals surface area contributed by atoms with Crippen LogP contribution in [0.5, 0.6) is 5.75 Å². The lowest BCUT2D eigenvalue weighted by atomic mass is 9.82. The van der Waals surface area contributed by atoms with E-state index >= 15 is 0 Å². The largest absolute Gasteiger partial charge is 0.379 e. The monoisotopic (exact) mass is 542 g/mol. The van der Waals surface area contributed by atoms with Crippen molar-refractivity contribution in [2.75, 3.05) is 5.32 Å². The molecule has 0 atom stereocenters. The number of hydrogen-bond acceptors (Lipinski definition) is 6. The molecule has 1 N–H and O–H groups in total. The predicted octanol–water partition coefficient (Wildman–Crippen LogP) is 7.25. The number of benzene rings is 2. The topological polar surface area (TPSA) is 85.6 Å². The molecule has 0 spiro atoms. The van der Waals surface area contributed by atoms with E-state index in [4.69, 9.17) is 9.17 Å². The second-order valence-electron chi connectivity index (χ2n) is 11.9. The van der Waals surface area contributed by atoms with Gasteiger partial charge in [-0.15, -0.1) is 0 Å². The van der Waals surface area contributed by atoms with Crippen LogP contribution in [0.2, 0.25) is 0 Å². The molecule has 0 fully saturated rings. The Balaban J connectivity index is 1.49. The van der Waals surface area contributed by atoms with E-state index < -0.39 is 10.1 Å². The molecule has 0 radical (unpaired) electrons. The van der Waals surface area contributed by atoms with Gasteiger partial charge in [0.2, 0.25) is 0 Å². The summed E-state index contributed by atoms with van der Waals surface area (Å²) in [5, 5.41) is 4.47. The summed E-state index contributed by atoms with van der Waals surface area (Å²) in [6.45, 7) is 13.1. The first-order valence-corrected chi connectivity index (χ1v) is 14.4. The maximum atomic E-state index is 13.2. The van der Waals surface area contributed by atoms with Crippen molar-refractivity contribution in [2.24, 2.45) is 5.41 Å². The number of rotatable bonds is 7. The van der Waals surface area contributed by atoms with Gasteiger partial charge >= 0.3 is 10.1 Å². The van der Waals surface area contributed by atoms with Gasteiger partial charge in [0.15, 0.2) is 0 Å².